The van der Waals surface area contributed by atoms with Crippen LogP contribution in [-0.4, -0.2) is 25.2 Å². The molecule has 2 fully saturated rings. The predicted octanol–water partition coefficient (Wildman–Crippen LogP) is 2.25. The van der Waals surface area contributed by atoms with Crippen molar-refractivity contribution in [3.05, 3.63) is 24.8 Å². The van der Waals surface area contributed by atoms with Crippen LogP contribution >= 0.6 is 0 Å². The minimum absolute atomic E-state index is 0.0948. The fraction of sp³-hybridized carbons (Fsp3) is 0.600. The highest BCUT2D eigenvalue weighted by molar-refractivity contribution is 5.91. The third kappa shape index (κ3) is 2.44. The van der Waals surface area contributed by atoms with Gasteiger partial charge in [0.05, 0.1) is 12.5 Å². The minimum atomic E-state index is -0.369. The van der Waals surface area contributed by atoms with Crippen molar-refractivity contribution in [1.29, 1.82) is 0 Å². The normalized spacial score (nSPS) is 31.2. The topological polar surface area (TPSA) is 52.6 Å². The van der Waals surface area contributed by atoms with Gasteiger partial charge in [0.1, 0.15) is 6.61 Å². The fourth-order valence-corrected chi connectivity index (χ4v) is 3.16. The summed E-state index contributed by atoms with van der Waals surface area (Å²) >= 11 is 0. The van der Waals surface area contributed by atoms with Gasteiger partial charge in [-0.15, -0.1) is 0 Å². The van der Waals surface area contributed by atoms with E-state index in [1.54, 1.807) is 6.92 Å². The molecule has 0 aromatic heterocycles. The maximum atomic E-state index is 11.8. The van der Waals surface area contributed by atoms with Gasteiger partial charge in [0, 0.05) is 11.0 Å². The summed E-state index contributed by atoms with van der Waals surface area (Å²) in [6.45, 7) is 9.78. The molecule has 0 N–H and O–H groups in total. The van der Waals surface area contributed by atoms with E-state index in [2.05, 4.69) is 13.2 Å². The van der Waals surface area contributed by atoms with E-state index in [0.29, 0.717) is 24.5 Å². The Balaban J connectivity index is 1.95. The second kappa shape index (κ2) is 5.19. The molecule has 0 heterocycles. The fourth-order valence-electron chi connectivity index (χ4n) is 3.16. The van der Waals surface area contributed by atoms with Crippen LogP contribution in [0.2, 0.25) is 0 Å². The van der Waals surface area contributed by atoms with E-state index in [-0.39, 0.29) is 29.9 Å². The third-order valence-corrected chi connectivity index (χ3v) is 4.21. The van der Waals surface area contributed by atoms with Crippen LogP contribution in [0.15, 0.2) is 24.8 Å². The SMILES string of the molecule is C=CCOC(=O)C(=C)C12CC(C(=O)OCC)CC1C2. The molecule has 3 atom stereocenters. The van der Waals surface area contributed by atoms with E-state index in [1.807, 2.05) is 0 Å². The van der Waals surface area contributed by atoms with E-state index >= 15 is 0 Å². The molecule has 2 saturated carbocycles. The first-order chi connectivity index (χ1) is 9.05. The monoisotopic (exact) mass is 264 g/mol. The number of hydrogen-bond donors (Lipinski definition) is 0. The van der Waals surface area contributed by atoms with E-state index in [1.165, 1.54) is 6.08 Å². The number of fused-ring (bicyclic) bond motifs is 1. The van der Waals surface area contributed by atoms with Crippen LogP contribution < -0.4 is 0 Å². The van der Waals surface area contributed by atoms with E-state index in [9.17, 15) is 9.59 Å². The molecule has 0 amide bonds. The number of rotatable bonds is 6. The average Bonchev–Trinajstić information content (AvgIpc) is 2.97. The highest BCUT2D eigenvalue weighted by atomic mass is 16.5. The van der Waals surface area contributed by atoms with Gasteiger partial charge in [0.25, 0.3) is 0 Å². The molecule has 19 heavy (non-hydrogen) atoms. The number of carbonyl (C=O) groups excluding carboxylic acids is 2. The van der Waals surface area contributed by atoms with Crippen molar-refractivity contribution >= 4 is 11.9 Å². The molecule has 3 unspecified atom stereocenters. The number of ether oxygens (including phenoxy) is 2. The second-order valence-corrected chi connectivity index (χ2v) is 5.31. The predicted molar refractivity (Wildman–Crippen MR) is 70.2 cm³/mol. The van der Waals surface area contributed by atoms with Gasteiger partial charge in [0.15, 0.2) is 0 Å². The van der Waals surface area contributed by atoms with Crippen LogP contribution in [0.4, 0.5) is 0 Å². The Bertz CT molecular complexity index is 426. The zero-order valence-electron chi connectivity index (χ0n) is 11.3. The standard InChI is InChI=1S/C15H20O4/c1-4-6-19-13(16)10(3)15-8-11(7-12(15)9-15)14(17)18-5-2/h4,11-12H,1,3,5-9H2,2H3. The Morgan fingerprint density at radius 2 is 2.11 bits per heavy atom. The molecular formula is C15H20O4. The summed E-state index contributed by atoms with van der Waals surface area (Å²) in [4.78, 5) is 23.6. The van der Waals surface area contributed by atoms with Crippen molar-refractivity contribution in [2.24, 2.45) is 17.3 Å². The molecule has 0 aliphatic heterocycles. The maximum Gasteiger partial charge on any atom is 0.334 e. The van der Waals surface area contributed by atoms with Crippen LogP contribution in [0.5, 0.6) is 0 Å². The van der Waals surface area contributed by atoms with E-state index in [0.717, 1.165) is 12.8 Å². The lowest BCUT2D eigenvalue weighted by atomic mass is 9.91. The van der Waals surface area contributed by atoms with Gasteiger partial charge < -0.3 is 9.47 Å². The molecule has 0 bridgehead atoms. The Kier molecular flexibility index (Phi) is 3.78. The van der Waals surface area contributed by atoms with Crippen LogP contribution in [0.3, 0.4) is 0 Å². The lowest BCUT2D eigenvalue weighted by Crippen LogP contribution is -2.20. The molecule has 0 aromatic carbocycles. The van der Waals surface area contributed by atoms with Crippen molar-refractivity contribution in [2.45, 2.75) is 26.2 Å². The molecular weight excluding hydrogens is 244 g/mol. The van der Waals surface area contributed by atoms with E-state index < -0.39 is 0 Å². The largest absolute Gasteiger partial charge is 0.466 e. The first-order valence-corrected chi connectivity index (χ1v) is 6.69. The van der Waals surface area contributed by atoms with Crippen LogP contribution in [-0.2, 0) is 19.1 Å². The molecule has 2 aliphatic carbocycles. The van der Waals surface area contributed by atoms with Gasteiger partial charge in [-0.2, -0.15) is 0 Å². The number of carbonyl (C=O) groups is 2. The molecule has 0 saturated heterocycles. The Morgan fingerprint density at radius 1 is 1.37 bits per heavy atom. The Hall–Kier alpha value is -1.58. The lowest BCUT2D eigenvalue weighted by molar-refractivity contribution is -0.148. The van der Waals surface area contributed by atoms with Crippen LogP contribution in [0.1, 0.15) is 26.2 Å². The third-order valence-electron chi connectivity index (χ3n) is 4.21. The molecule has 0 radical (unpaired) electrons. The molecule has 2 aliphatic rings. The van der Waals surface area contributed by atoms with E-state index in [4.69, 9.17) is 9.47 Å². The van der Waals surface area contributed by atoms with Gasteiger partial charge >= 0.3 is 11.9 Å². The lowest BCUT2D eigenvalue weighted by Gasteiger charge is -2.17. The zero-order valence-corrected chi connectivity index (χ0v) is 11.3. The Labute approximate surface area is 113 Å². The first kappa shape index (κ1) is 13.8. The Morgan fingerprint density at radius 3 is 2.74 bits per heavy atom. The summed E-state index contributed by atoms with van der Waals surface area (Å²) < 4.78 is 10.1. The quantitative estimate of drug-likeness (QED) is 0.419. The van der Waals surface area contributed by atoms with Crippen molar-refractivity contribution < 1.29 is 19.1 Å². The van der Waals surface area contributed by atoms with Crippen molar-refractivity contribution in [3.63, 3.8) is 0 Å². The van der Waals surface area contributed by atoms with Gasteiger partial charge in [-0.25, -0.2) is 4.79 Å². The smallest absolute Gasteiger partial charge is 0.334 e. The molecule has 0 aromatic rings. The average molecular weight is 264 g/mol. The van der Waals surface area contributed by atoms with Gasteiger partial charge in [0.2, 0.25) is 0 Å². The van der Waals surface area contributed by atoms with Gasteiger partial charge in [-0.05, 0) is 32.1 Å². The van der Waals surface area contributed by atoms with Crippen molar-refractivity contribution in [2.75, 3.05) is 13.2 Å². The summed E-state index contributed by atoms with van der Waals surface area (Å²) in [5, 5.41) is 0. The van der Waals surface area contributed by atoms with Gasteiger partial charge in [-0.1, -0.05) is 19.2 Å². The maximum absolute atomic E-state index is 11.8. The van der Waals surface area contributed by atoms with Crippen molar-refractivity contribution in [3.8, 4) is 0 Å². The number of esters is 2. The summed E-state index contributed by atoms with van der Waals surface area (Å²) in [5.41, 5.74) is 0.293. The molecule has 0 spiro atoms. The minimum Gasteiger partial charge on any atom is -0.466 e. The summed E-state index contributed by atoms with van der Waals surface area (Å²) in [6.07, 6.45) is 3.93. The first-order valence-electron chi connectivity index (χ1n) is 6.69. The summed E-state index contributed by atoms with van der Waals surface area (Å²) in [6, 6.07) is 0. The molecule has 2 rings (SSSR count). The number of hydrogen-bond acceptors (Lipinski definition) is 4. The summed E-state index contributed by atoms with van der Waals surface area (Å²) in [7, 11) is 0. The van der Waals surface area contributed by atoms with Gasteiger partial charge in [-0.3, -0.25) is 4.79 Å². The zero-order chi connectivity index (χ0) is 14.0. The highest BCUT2D eigenvalue weighted by Crippen LogP contribution is 2.69. The summed E-state index contributed by atoms with van der Waals surface area (Å²) in [5.74, 6) is -0.235. The highest BCUT2D eigenvalue weighted by Gasteiger charge is 2.64. The second-order valence-electron chi connectivity index (χ2n) is 5.31. The molecule has 104 valence electrons. The molecule has 4 nitrogen and oxygen atoms in total. The van der Waals surface area contributed by atoms with Crippen LogP contribution in [0, 0.1) is 17.3 Å². The van der Waals surface area contributed by atoms with Crippen LogP contribution in [0.25, 0.3) is 0 Å². The van der Waals surface area contributed by atoms with Crippen molar-refractivity contribution in [1.82, 2.24) is 0 Å². The molecule has 4 heteroatoms.